The maximum absolute atomic E-state index is 4.90. The number of rotatable bonds is 20. The fourth-order valence-corrected chi connectivity index (χ4v) is 11.6. The monoisotopic (exact) mass is 1110 g/mol. The number of unbranched alkanes of at least 4 members (excludes halogenated alkanes) is 4. The van der Waals surface area contributed by atoms with Gasteiger partial charge in [-0.15, -0.1) is 22.8 Å². The molecule has 406 valence electrons. The number of aliphatic imine (C=N–C) groups is 4. The smallest absolute Gasteiger partial charge is 0.664 e. The second-order valence-electron chi connectivity index (χ2n) is 21.1. The molecule has 2 radical (unpaired) electrons. The van der Waals surface area contributed by atoms with Crippen LogP contribution in [0.15, 0.2) is 99.7 Å². The van der Waals surface area contributed by atoms with E-state index in [0.29, 0.717) is 0 Å². The van der Waals surface area contributed by atoms with Crippen molar-refractivity contribution in [3.8, 4) is 0 Å². The van der Waals surface area contributed by atoms with Gasteiger partial charge in [0.2, 0.25) is 0 Å². The standard InChI is InChI=1S/2C33H42N4.2Co/c2*1-9-26-20(3)18-34-32(26)16-30-22(5)28(24(7)36-30)14-12-11-13-15-29-23(6)31(37-25(29)8)17-33-27(10-2)21(4)19-35-33;;/h2*16-19H,9-15H2,1-8H3;;/q2*-2;2*+2/b2*30-16+,33-17+;;. The van der Waals surface area contributed by atoms with Crippen molar-refractivity contribution < 1.29 is 33.6 Å². The minimum atomic E-state index is 0. The second kappa shape index (κ2) is 27.9. The van der Waals surface area contributed by atoms with Crippen molar-refractivity contribution in [2.45, 2.75) is 201 Å². The largest absolute Gasteiger partial charge is 2.00 e. The molecule has 0 N–H and O–H groups in total. The molecule has 0 atom stereocenters. The second-order valence-corrected chi connectivity index (χ2v) is 21.1. The summed E-state index contributed by atoms with van der Waals surface area (Å²) in [5.74, 6) is 0. The van der Waals surface area contributed by atoms with Crippen LogP contribution >= 0.6 is 0 Å². The van der Waals surface area contributed by atoms with Gasteiger partial charge in [0, 0.05) is 23.9 Å². The van der Waals surface area contributed by atoms with Crippen LogP contribution in [0.2, 0.25) is 0 Å². The van der Waals surface area contributed by atoms with Crippen LogP contribution in [0.4, 0.5) is 0 Å². The van der Waals surface area contributed by atoms with E-state index in [2.05, 4.69) is 155 Å². The average Bonchev–Trinajstić information content (AvgIpc) is 4.27. The first-order valence-corrected chi connectivity index (χ1v) is 27.8. The Morgan fingerprint density at radius 2 is 0.750 bits per heavy atom. The van der Waals surface area contributed by atoms with Crippen LogP contribution in [0.5, 0.6) is 0 Å². The number of allylic oxidation sites excluding steroid dienone is 8. The predicted molar refractivity (Wildman–Crippen MR) is 317 cm³/mol. The van der Waals surface area contributed by atoms with Crippen LogP contribution in [0.1, 0.15) is 212 Å². The van der Waals surface area contributed by atoms with Crippen molar-refractivity contribution >= 4 is 48.2 Å². The third kappa shape index (κ3) is 13.9. The van der Waals surface area contributed by atoms with Gasteiger partial charge in [-0.05, 0) is 191 Å². The first-order valence-electron chi connectivity index (χ1n) is 27.8. The van der Waals surface area contributed by atoms with Crippen molar-refractivity contribution in [2.24, 2.45) is 20.0 Å². The van der Waals surface area contributed by atoms with Crippen LogP contribution in [0, 0.1) is 41.5 Å². The fourth-order valence-electron chi connectivity index (χ4n) is 11.6. The van der Waals surface area contributed by atoms with Crippen molar-refractivity contribution in [3.63, 3.8) is 0 Å². The zero-order chi connectivity index (χ0) is 53.4. The molecular formula is C66H84Co2N8. The van der Waals surface area contributed by atoms with Gasteiger partial charge in [-0.1, -0.05) is 123 Å². The van der Waals surface area contributed by atoms with E-state index in [0.717, 1.165) is 96.9 Å². The molecule has 4 aromatic heterocycles. The van der Waals surface area contributed by atoms with Gasteiger partial charge in [0.15, 0.2) is 0 Å². The summed E-state index contributed by atoms with van der Waals surface area (Å²) >= 11 is 0. The Balaban J connectivity index is 0.000000274. The summed E-state index contributed by atoms with van der Waals surface area (Å²) in [6.45, 7) is 34.8. The molecule has 8 nitrogen and oxygen atoms in total. The molecule has 0 bridgehead atoms. The van der Waals surface area contributed by atoms with Crippen LogP contribution in [0.3, 0.4) is 0 Å². The van der Waals surface area contributed by atoms with Crippen molar-refractivity contribution in [2.75, 3.05) is 0 Å². The first-order chi connectivity index (χ1) is 35.5. The molecule has 76 heavy (non-hydrogen) atoms. The maximum Gasteiger partial charge on any atom is 2.00 e. The van der Waals surface area contributed by atoms with E-state index in [1.54, 1.807) is 0 Å². The number of aromatic nitrogens is 4. The quantitative estimate of drug-likeness (QED) is 0.0822. The molecule has 4 aromatic rings. The Labute approximate surface area is 477 Å². The topological polar surface area (TPSA) is 106 Å². The van der Waals surface area contributed by atoms with Gasteiger partial charge in [0.1, 0.15) is 0 Å². The van der Waals surface area contributed by atoms with Crippen molar-refractivity contribution in [1.29, 1.82) is 0 Å². The number of hydrogen-bond donors (Lipinski definition) is 0. The van der Waals surface area contributed by atoms with E-state index in [1.165, 1.54) is 150 Å². The van der Waals surface area contributed by atoms with Crippen LogP contribution in [0.25, 0.3) is 24.3 Å². The van der Waals surface area contributed by atoms with Crippen molar-refractivity contribution in [1.82, 2.24) is 19.9 Å². The molecule has 0 unspecified atom stereocenters. The maximum atomic E-state index is 4.90. The minimum absolute atomic E-state index is 0. The summed E-state index contributed by atoms with van der Waals surface area (Å²) in [6, 6.07) is 0. The van der Waals surface area contributed by atoms with E-state index >= 15 is 0 Å². The molecule has 0 saturated heterocycles. The molecule has 0 saturated carbocycles. The number of nitrogens with zero attached hydrogens (tertiary/aromatic N) is 8. The molecule has 0 aliphatic carbocycles. The number of aryl methyl sites for hydroxylation is 4. The molecule has 0 spiro atoms. The molecule has 8 heterocycles. The number of hydrogen-bond acceptors (Lipinski definition) is 4. The van der Waals surface area contributed by atoms with Crippen molar-refractivity contribution in [3.05, 3.63) is 158 Å². The van der Waals surface area contributed by atoms with E-state index < -0.39 is 0 Å². The molecule has 0 aromatic carbocycles. The minimum Gasteiger partial charge on any atom is -0.664 e. The Bertz CT molecular complexity index is 2950. The van der Waals surface area contributed by atoms with Gasteiger partial charge in [-0.25, -0.2) is 0 Å². The molecule has 0 amide bonds. The Morgan fingerprint density at radius 3 is 1.11 bits per heavy atom. The Morgan fingerprint density at radius 1 is 0.395 bits per heavy atom. The SMILES string of the molecule is CCC1=C(C)C=N/C1=C/c1[n-]c(C)c(CCCCCC2=C(C)/C(=C\c3[n-]cc(C)c3CC)N=C2C)c1C.CCC1=C(C)C=N/C1=C/c1[n-]c(C)c(CCCCCC2=C(C)/C(=C\c3[n-]cc(C)c3CC)N=C2C)c1C.[Co+2].[Co+2]. The normalized spacial score (nSPS) is 17.4. The molecule has 0 fully saturated rings. The Kier molecular flexibility index (Phi) is 22.6. The van der Waals surface area contributed by atoms with Gasteiger partial charge in [0.05, 0.1) is 22.8 Å². The zero-order valence-electron chi connectivity index (χ0n) is 48.8. The molecular weight excluding hydrogens is 1020 g/mol. The van der Waals surface area contributed by atoms with Gasteiger partial charge in [0.25, 0.3) is 0 Å². The van der Waals surface area contributed by atoms with Crippen LogP contribution in [-0.2, 0) is 59.2 Å². The third-order valence-electron chi connectivity index (χ3n) is 16.2. The molecule has 4 aliphatic rings. The van der Waals surface area contributed by atoms with E-state index in [-0.39, 0.29) is 33.6 Å². The fraction of sp³-hybridized carbons (Fsp3) is 0.455. The summed E-state index contributed by atoms with van der Waals surface area (Å²) in [7, 11) is 0. The van der Waals surface area contributed by atoms with Crippen LogP contribution in [-0.4, -0.2) is 23.9 Å². The summed E-state index contributed by atoms with van der Waals surface area (Å²) in [5.41, 5.74) is 34.6. The molecule has 4 aliphatic heterocycles. The first kappa shape index (κ1) is 61.6. The summed E-state index contributed by atoms with van der Waals surface area (Å²) in [4.78, 5) is 38.1. The summed E-state index contributed by atoms with van der Waals surface area (Å²) < 4.78 is 0. The van der Waals surface area contributed by atoms with Gasteiger partial charge >= 0.3 is 33.6 Å². The van der Waals surface area contributed by atoms with E-state index in [9.17, 15) is 0 Å². The molecule has 8 rings (SSSR count). The predicted octanol–water partition coefficient (Wildman–Crippen LogP) is 16.3. The van der Waals surface area contributed by atoms with Crippen LogP contribution < -0.4 is 19.9 Å². The summed E-state index contributed by atoms with van der Waals surface area (Å²) in [6.07, 6.45) is 32.1. The van der Waals surface area contributed by atoms with Gasteiger partial charge < -0.3 is 19.9 Å². The Hall–Kier alpha value is -5.27. The third-order valence-corrected chi connectivity index (χ3v) is 16.2. The zero-order valence-corrected chi connectivity index (χ0v) is 50.8. The summed E-state index contributed by atoms with van der Waals surface area (Å²) in [5, 5.41) is 0. The van der Waals surface area contributed by atoms with Gasteiger partial charge in [-0.2, -0.15) is 23.8 Å². The average molecular weight is 1110 g/mol. The molecule has 10 heteroatoms. The van der Waals surface area contributed by atoms with E-state index in [1.807, 2.05) is 24.8 Å². The van der Waals surface area contributed by atoms with E-state index in [4.69, 9.17) is 20.0 Å². The van der Waals surface area contributed by atoms with Gasteiger partial charge in [-0.3, -0.25) is 20.0 Å².